The predicted octanol–water partition coefficient (Wildman–Crippen LogP) is 2.56. The van der Waals surface area contributed by atoms with Gasteiger partial charge in [-0.15, -0.1) is 0 Å². The highest BCUT2D eigenvalue weighted by molar-refractivity contribution is 9.10. The van der Waals surface area contributed by atoms with Gasteiger partial charge < -0.3 is 5.32 Å². The van der Waals surface area contributed by atoms with E-state index in [1.54, 1.807) is 13.1 Å². The number of hydrogen-bond donors (Lipinski definition) is 2. The van der Waals surface area contributed by atoms with E-state index >= 15 is 0 Å². The maximum Gasteiger partial charge on any atom is 0.233 e. The Hall–Kier alpha value is -1.11. The zero-order valence-corrected chi connectivity index (χ0v) is 12.9. The summed E-state index contributed by atoms with van der Waals surface area (Å²) >= 11 is 3.41. The van der Waals surface area contributed by atoms with E-state index in [0.717, 1.165) is 15.2 Å². The van der Waals surface area contributed by atoms with Gasteiger partial charge in [0.05, 0.1) is 5.75 Å². The Labute approximate surface area is 121 Å². The van der Waals surface area contributed by atoms with E-state index in [2.05, 4.69) is 26.0 Å². The summed E-state index contributed by atoms with van der Waals surface area (Å²) in [6.07, 6.45) is 0. The molecule has 0 atom stereocenters. The van der Waals surface area contributed by atoms with Crippen LogP contribution in [0.4, 0.5) is 5.69 Å². The van der Waals surface area contributed by atoms with Crippen molar-refractivity contribution in [3.63, 3.8) is 0 Å². The largest absolute Gasteiger partial charge is 0.319 e. The van der Waals surface area contributed by atoms with Crippen molar-refractivity contribution in [2.24, 2.45) is 0 Å². The van der Waals surface area contributed by atoms with Crippen molar-refractivity contribution in [2.75, 3.05) is 24.1 Å². The van der Waals surface area contributed by atoms with Gasteiger partial charge in [-0.05, 0) is 42.1 Å². The van der Waals surface area contributed by atoms with Gasteiger partial charge in [-0.1, -0.05) is 28.1 Å². The highest BCUT2D eigenvalue weighted by Crippen LogP contribution is 2.23. The fraction of sp³-hybridized carbons (Fsp3) is 0.231. The van der Waals surface area contributed by atoms with Gasteiger partial charge in [-0.25, -0.2) is 8.42 Å². The number of fused-ring (bicyclic) bond motifs is 1. The van der Waals surface area contributed by atoms with Crippen LogP contribution in [0.5, 0.6) is 0 Å². The van der Waals surface area contributed by atoms with Crippen LogP contribution in [0.1, 0.15) is 0 Å². The molecule has 0 aliphatic rings. The van der Waals surface area contributed by atoms with Crippen LogP contribution >= 0.6 is 15.9 Å². The van der Waals surface area contributed by atoms with Crippen LogP contribution in [0.25, 0.3) is 10.8 Å². The molecule has 0 bridgehead atoms. The summed E-state index contributed by atoms with van der Waals surface area (Å²) in [5, 5.41) is 4.88. The van der Waals surface area contributed by atoms with E-state index in [1.807, 2.05) is 30.3 Å². The van der Waals surface area contributed by atoms with Crippen LogP contribution in [0.15, 0.2) is 40.9 Å². The number of rotatable bonds is 5. The Morgan fingerprint density at radius 1 is 1.11 bits per heavy atom. The number of halogens is 1. The second-order valence-corrected chi connectivity index (χ2v) is 6.99. The van der Waals surface area contributed by atoms with Crippen LogP contribution in [-0.2, 0) is 10.0 Å². The first-order chi connectivity index (χ1) is 9.00. The summed E-state index contributed by atoms with van der Waals surface area (Å²) in [6, 6.07) is 11.4. The van der Waals surface area contributed by atoms with Crippen molar-refractivity contribution in [3.05, 3.63) is 40.9 Å². The van der Waals surface area contributed by atoms with Gasteiger partial charge in [0.15, 0.2) is 0 Å². The SMILES string of the molecule is CNCCS(=O)(=O)Nc1ccc2cc(Br)ccc2c1. The Kier molecular flexibility index (Phi) is 4.44. The van der Waals surface area contributed by atoms with Crippen molar-refractivity contribution in [2.45, 2.75) is 0 Å². The maximum absolute atomic E-state index is 11.8. The number of sulfonamides is 1. The third kappa shape index (κ3) is 3.92. The number of nitrogens with one attached hydrogen (secondary N) is 2. The average Bonchev–Trinajstić information content (AvgIpc) is 2.36. The fourth-order valence-corrected chi connectivity index (χ4v) is 3.19. The van der Waals surface area contributed by atoms with Gasteiger partial charge in [-0.3, -0.25) is 4.72 Å². The Morgan fingerprint density at radius 3 is 2.53 bits per heavy atom. The van der Waals surface area contributed by atoms with Crippen LogP contribution in [0, 0.1) is 0 Å². The van der Waals surface area contributed by atoms with Crippen LogP contribution < -0.4 is 10.0 Å². The molecule has 0 saturated carbocycles. The van der Waals surface area contributed by atoms with E-state index in [9.17, 15) is 8.42 Å². The standard InChI is InChI=1S/C13H15BrN2O2S/c1-15-6-7-19(17,18)16-13-5-3-10-8-12(14)4-2-11(10)9-13/h2-5,8-9,15-16H,6-7H2,1H3. The lowest BCUT2D eigenvalue weighted by molar-refractivity contribution is 0.599. The quantitative estimate of drug-likeness (QED) is 0.877. The highest BCUT2D eigenvalue weighted by atomic mass is 79.9. The minimum atomic E-state index is -3.30. The van der Waals surface area contributed by atoms with Gasteiger partial charge in [0, 0.05) is 16.7 Å². The molecule has 102 valence electrons. The van der Waals surface area contributed by atoms with E-state index in [1.165, 1.54) is 0 Å². The minimum absolute atomic E-state index is 0.0574. The molecule has 0 fully saturated rings. The molecular weight excluding hydrogens is 328 g/mol. The van der Waals surface area contributed by atoms with Gasteiger partial charge in [0.25, 0.3) is 0 Å². The van der Waals surface area contributed by atoms with E-state index < -0.39 is 10.0 Å². The molecule has 0 radical (unpaired) electrons. The minimum Gasteiger partial charge on any atom is -0.319 e. The maximum atomic E-state index is 11.8. The van der Waals surface area contributed by atoms with Crippen molar-refractivity contribution >= 4 is 42.4 Å². The van der Waals surface area contributed by atoms with Crippen molar-refractivity contribution in [1.82, 2.24) is 5.32 Å². The predicted molar refractivity (Wildman–Crippen MR) is 83.0 cm³/mol. The molecular formula is C13H15BrN2O2S. The molecule has 0 heterocycles. The first-order valence-corrected chi connectivity index (χ1v) is 8.29. The van der Waals surface area contributed by atoms with Crippen LogP contribution in [-0.4, -0.2) is 27.8 Å². The molecule has 19 heavy (non-hydrogen) atoms. The third-order valence-electron chi connectivity index (χ3n) is 2.70. The summed E-state index contributed by atoms with van der Waals surface area (Å²) in [4.78, 5) is 0. The normalized spacial score (nSPS) is 11.7. The zero-order valence-electron chi connectivity index (χ0n) is 10.5. The molecule has 6 heteroatoms. The average molecular weight is 343 g/mol. The van der Waals surface area contributed by atoms with Crippen LogP contribution in [0.2, 0.25) is 0 Å². The summed E-state index contributed by atoms with van der Waals surface area (Å²) in [6.45, 7) is 0.426. The number of anilines is 1. The molecule has 0 aliphatic heterocycles. The molecule has 0 aliphatic carbocycles. The molecule has 2 aromatic carbocycles. The molecule has 0 aromatic heterocycles. The topological polar surface area (TPSA) is 58.2 Å². The lowest BCUT2D eigenvalue weighted by atomic mass is 10.1. The zero-order chi connectivity index (χ0) is 13.9. The highest BCUT2D eigenvalue weighted by Gasteiger charge is 2.09. The van der Waals surface area contributed by atoms with Gasteiger partial charge in [0.2, 0.25) is 10.0 Å². The van der Waals surface area contributed by atoms with E-state index in [4.69, 9.17) is 0 Å². The Balaban J connectivity index is 2.24. The molecule has 0 amide bonds. The second-order valence-electron chi connectivity index (χ2n) is 4.23. The van der Waals surface area contributed by atoms with Crippen molar-refractivity contribution < 1.29 is 8.42 Å². The van der Waals surface area contributed by atoms with Crippen molar-refractivity contribution in [3.8, 4) is 0 Å². The van der Waals surface area contributed by atoms with Gasteiger partial charge in [-0.2, -0.15) is 0 Å². The summed E-state index contributed by atoms with van der Waals surface area (Å²) in [5.41, 5.74) is 0.589. The molecule has 0 saturated heterocycles. The fourth-order valence-electron chi connectivity index (χ4n) is 1.75. The first-order valence-electron chi connectivity index (χ1n) is 5.84. The molecule has 2 N–H and O–H groups in total. The number of hydrogen-bond acceptors (Lipinski definition) is 3. The Morgan fingerprint density at radius 2 is 1.79 bits per heavy atom. The molecule has 0 spiro atoms. The lowest BCUT2D eigenvalue weighted by Gasteiger charge is -2.09. The number of benzene rings is 2. The molecule has 2 aromatic rings. The van der Waals surface area contributed by atoms with E-state index in [-0.39, 0.29) is 5.75 Å². The second kappa shape index (κ2) is 5.90. The van der Waals surface area contributed by atoms with E-state index in [0.29, 0.717) is 12.2 Å². The summed E-state index contributed by atoms with van der Waals surface area (Å²) < 4.78 is 27.2. The molecule has 0 unspecified atom stereocenters. The first kappa shape index (κ1) is 14.3. The Bertz CT molecular complexity index is 686. The smallest absolute Gasteiger partial charge is 0.233 e. The summed E-state index contributed by atoms with van der Waals surface area (Å²) in [7, 11) is -1.57. The van der Waals surface area contributed by atoms with Crippen LogP contribution in [0.3, 0.4) is 0 Å². The summed E-state index contributed by atoms with van der Waals surface area (Å²) in [5.74, 6) is 0.0574. The lowest BCUT2D eigenvalue weighted by Crippen LogP contribution is -2.24. The monoisotopic (exact) mass is 342 g/mol. The third-order valence-corrected chi connectivity index (χ3v) is 4.48. The molecule has 4 nitrogen and oxygen atoms in total. The van der Waals surface area contributed by atoms with Gasteiger partial charge >= 0.3 is 0 Å². The molecule has 2 rings (SSSR count). The van der Waals surface area contributed by atoms with Gasteiger partial charge in [0.1, 0.15) is 0 Å². The van der Waals surface area contributed by atoms with Crippen molar-refractivity contribution in [1.29, 1.82) is 0 Å².